The van der Waals surface area contributed by atoms with Gasteiger partial charge in [0.25, 0.3) is 0 Å². The third kappa shape index (κ3) is 4.79. The number of rotatable bonds is 8. The van der Waals surface area contributed by atoms with Crippen LogP contribution in [0.15, 0.2) is 18.6 Å². The average Bonchev–Trinajstić information content (AvgIpc) is 2.40. The minimum Gasteiger partial charge on any atom is -0.271 e. The van der Waals surface area contributed by atoms with E-state index in [2.05, 4.69) is 29.2 Å². The fourth-order valence-corrected chi connectivity index (χ4v) is 2.08. The smallest absolute Gasteiger partial charge is 0.0769 e. The Balaban J connectivity index is 2.56. The number of unbranched alkanes of at least 4 members (excludes halogenated alkanes) is 1. The summed E-state index contributed by atoms with van der Waals surface area (Å²) in [6.07, 6.45) is 11.2. The van der Waals surface area contributed by atoms with Gasteiger partial charge in [-0.1, -0.05) is 39.5 Å². The lowest BCUT2D eigenvalue weighted by Gasteiger charge is -2.21. The number of nitrogens with two attached hydrogens (primary N) is 1. The Morgan fingerprint density at radius 1 is 1.35 bits per heavy atom. The summed E-state index contributed by atoms with van der Waals surface area (Å²) in [6, 6.07) is 0.116. The highest BCUT2D eigenvalue weighted by Gasteiger charge is 2.16. The average molecular weight is 236 g/mol. The second-order valence-electron chi connectivity index (χ2n) is 4.50. The molecule has 96 valence electrons. The maximum absolute atomic E-state index is 5.62. The standard InChI is InChI=1S/C13H24N4/c1-3-5-6-11(4-2)9-12(17-14)13-10-15-7-8-16-13/h7-8,10-12,17H,3-6,9,14H2,1-2H3. The molecule has 0 bridgehead atoms. The molecule has 0 aliphatic rings. The van der Waals surface area contributed by atoms with Crippen molar-refractivity contribution in [2.24, 2.45) is 11.8 Å². The molecule has 0 aliphatic carbocycles. The van der Waals surface area contributed by atoms with Crippen molar-refractivity contribution in [1.82, 2.24) is 15.4 Å². The lowest BCUT2D eigenvalue weighted by atomic mass is 9.91. The van der Waals surface area contributed by atoms with Gasteiger partial charge in [-0.15, -0.1) is 0 Å². The molecule has 3 N–H and O–H groups in total. The van der Waals surface area contributed by atoms with Crippen LogP contribution in [0, 0.1) is 5.92 Å². The lowest BCUT2D eigenvalue weighted by molar-refractivity contribution is 0.352. The summed E-state index contributed by atoms with van der Waals surface area (Å²) in [6.45, 7) is 4.47. The molecule has 17 heavy (non-hydrogen) atoms. The van der Waals surface area contributed by atoms with E-state index < -0.39 is 0 Å². The first-order chi connectivity index (χ1) is 8.31. The quantitative estimate of drug-likeness (QED) is 0.538. The maximum atomic E-state index is 5.62. The Kier molecular flexibility index (Phi) is 6.74. The minimum absolute atomic E-state index is 0.116. The third-order valence-electron chi connectivity index (χ3n) is 3.25. The molecule has 4 heteroatoms. The Morgan fingerprint density at radius 3 is 2.71 bits per heavy atom. The molecule has 2 atom stereocenters. The summed E-state index contributed by atoms with van der Waals surface area (Å²) >= 11 is 0. The van der Waals surface area contributed by atoms with E-state index in [0.717, 1.165) is 12.1 Å². The highest BCUT2D eigenvalue weighted by Crippen LogP contribution is 2.24. The number of nitrogens with one attached hydrogen (secondary N) is 1. The molecule has 1 heterocycles. The lowest BCUT2D eigenvalue weighted by Crippen LogP contribution is -2.30. The molecule has 1 aromatic rings. The Bertz CT molecular complexity index is 289. The zero-order valence-corrected chi connectivity index (χ0v) is 10.9. The van der Waals surface area contributed by atoms with Gasteiger partial charge in [0.05, 0.1) is 17.9 Å². The van der Waals surface area contributed by atoms with Crippen LogP contribution in [0.3, 0.4) is 0 Å². The second kappa shape index (κ2) is 8.14. The van der Waals surface area contributed by atoms with Crippen LogP contribution < -0.4 is 11.3 Å². The molecule has 0 saturated carbocycles. The summed E-state index contributed by atoms with van der Waals surface area (Å²) in [7, 11) is 0. The number of hydrogen-bond acceptors (Lipinski definition) is 4. The Labute approximate surface area is 104 Å². The van der Waals surface area contributed by atoms with E-state index in [0.29, 0.717) is 5.92 Å². The summed E-state index contributed by atoms with van der Waals surface area (Å²) in [4.78, 5) is 8.40. The highest BCUT2D eigenvalue weighted by molar-refractivity contribution is 5.01. The molecule has 0 aromatic carbocycles. The van der Waals surface area contributed by atoms with E-state index in [1.807, 2.05) is 0 Å². The first-order valence-electron chi connectivity index (χ1n) is 6.53. The van der Waals surface area contributed by atoms with Gasteiger partial charge in [0.15, 0.2) is 0 Å². The van der Waals surface area contributed by atoms with Gasteiger partial charge in [0.1, 0.15) is 0 Å². The first-order valence-corrected chi connectivity index (χ1v) is 6.53. The van der Waals surface area contributed by atoms with E-state index in [4.69, 9.17) is 5.84 Å². The van der Waals surface area contributed by atoms with E-state index in [9.17, 15) is 0 Å². The first kappa shape index (κ1) is 14.1. The zero-order valence-electron chi connectivity index (χ0n) is 10.9. The van der Waals surface area contributed by atoms with Gasteiger partial charge < -0.3 is 0 Å². The van der Waals surface area contributed by atoms with Gasteiger partial charge in [-0.25, -0.2) is 0 Å². The highest BCUT2D eigenvalue weighted by atomic mass is 15.2. The monoisotopic (exact) mass is 236 g/mol. The molecule has 2 unspecified atom stereocenters. The van der Waals surface area contributed by atoms with Crippen LogP contribution in [-0.4, -0.2) is 9.97 Å². The topological polar surface area (TPSA) is 63.8 Å². The molecule has 0 amide bonds. The van der Waals surface area contributed by atoms with Crippen LogP contribution in [0.25, 0.3) is 0 Å². The van der Waals surface area contributed by atoms with Crippen LogP contribution >= 0.6 is 0 Å². The van der Waals surface area contributed by atoms with Crippen LogP contribution in [-0.2, 0) is 0 Å². The summed E-state index contributed by atoms with van der Waals surface area (Å²) in [5.41, 5.74) is 3.79. The molecule has 0 fully saturated rings. The van der Waals surface area contributed by atoms with Crippen LogP contribution in [0.4, 0.5) is 0 Å². The summed E-state index contributed by atoms with van der Waals surface area (Å²) in [5.74, 6) is 6.33. The second-order valence-corrected chi connectivity index (χ2v) is 4.50. The zero-order chi connectivity index (χ0) is 12.5. The summed E-state index contributed by atoms with van der Waals surface area (Å²) in [5, 5.41) is 0. The predicted molar refractivity (Wildman–Crippen MR) is 70.0 cm³/mol. The number of hydrogen-bond donors (Lipinski definition) is 2. The molecule has 1 aromatic heterocycles. The molecular formula is C13H24N4. The van der Waals surface area contributed by atoms with Gasteiger partial charge in [-0.3, -0.25) is 21.2 Å². The fraction of sp³-hybridized carbons (Fsp3) is 0.692. The van der Waals surface area contributed by atoms with Crippen LogP contribution in [0.2, 0.25) is 0 Å². The van der Waals surface area contributed by atoms with Crippen molar-refractivity contribution in [3.05, 3.63) is 24.3 Å². The van der Waals surface area contributed by atoms with E-state index in [-0.39, 0.29) is 6.04 Å². The largest absolute Gasteiger partial charge is 0.271 e. The molecule has 0 radical (unpaired) electrons. The number of aromatic nitrogens is 2. The van der Waals surface area contributed by atoms with E-state index in [1.54, 1.807) is 18.6 Å². The normalized spacial score (nSPS) is 14.5. The van der Waals surface area contributed by atoms with Crippen molar-refractivity contribution in [2.75, 3.05) is 0 Å². The van der Waals surface area contributed by atoms with Gasteiger partial charge in [-0.2, -0.15) is 0 Å². The Morgan fingerprint density at radius 2 is 2.18 bits per heavy atom. The SMILES string of the molecule is CCCCC(CC)CC(NN)c1cnccn1. The summed E-state index contributed by atoms with van der Waals surface area (Å²) < 4.78 is 0. The van der Waals surface area contributed by atoms with Gasteiger partial charge in [-0.05, 0) is 12.3 Å². The third-order valence-corrected chi connectivity index (χ3v) is 3.25. The number of hydrazine groups is 1. The van der Waals surface area contributed by atoms with Crippen molar-refractivity contribution in [3.63, 3.8) is 0 Å². The Hall–Kier alpha value is -1.00. The van der Waals surface area contributed by atoms with Gasteiger partial charge in [0.2, 0.25) is 0 Å². The van der Waals surface area contributed by atoms with Gasteiger partial charge in [0, 0.05) is 12.4 Å². The van der Waals surface area contributed by atoms with Crippen molar-refractivity contribution in [1.29, 1.82) is 0 Å². The predicted octanol–water partition coefficient (Wildman–Crippen LogP) is 2.59. The van der Waals surface area contributed by atoms with Crippen LogP contribution in [0.5, 0.6) is 0 Å². The minimum atomic E-state index is 0.116. The number of nitrogens with zero attached hydrogens (tertiary/aromatic N) is 2. The molecular weight excluding hydrogens is 212 g/mol. The fourth-order valence-electron chi connectivity index (χ4n) is 2.08. The van der Waals surface area contributed by atoms with E-state index >= 15 is 0 Å². The molecule has 0 saturated heterocycles. The van der Waals surface area contributed by atoms with Crippen LogP contribution in [0.1, 0.15) is 57.7 Å². The van der Waals surface area contributed by atoms with Gasteiger partial charge >= 0.3 is 0 Å². The van der Waals surface area contributed by atoms with E-state index in [1.165, 1.54) is 25.7 Å². The maximum Gasteiger partial charge on any atom is 0.0769 e. The van der Waals surface area contributed by atoms with Crippen molar-refractivity contribution in [3.8, 4) is 0 Å². The van der Waals surface area contributed by atoms with Crippen molar-refractivity contribution < 1.29 is 0 Å². The molecule has 0 spiro atoms. The van der Waals surface area contributed by atoms with Crippen molar-refractivity contribution in [2.45, 2.75) is 52.0 Å². The molecule has 1 rings (SSSR count). The molecule has 0 aliphatic heterocycles. The molecule has 4 nitrogen and oxygen atoms in total. The van der Waals surface area contributed by atoms with Crippen molar-refractivity contribution >= 4 is 0 Å².